The van der Waals surface area contributed by atoms with E-state index in [1.807, 2.05) is 0 Å². The van der Waals surface area contributed by atoms with Gasteiger partial charge in [-0.25, -0.2) is 4.79 Å². The van der Waals surface area contributed by atoms with Crippen LogP contribution in [0.1, 0.15) is 28.8 Å². The Hall–Kier alpha value is -2.44. The van der Waals surface area contributed by atoms with Gasteiger partial charge in [0.2, 0.25) is 0 Å². The highest BCUT2D eigenvalue weighted by atomic mass is 16.5. The van der Waals surface area contributed by atoms with Gasteiger partial charge in [0.25, 0.3) is 0 Å². The number of rotatable bonds is 7. The normalized spacial score (nSPS) is 10.0. The Bertz CT molecular complexity index is 525. The Morgan fingerprint density at radius 1 is 1.33 bits per heavy atom. The Morgan fingerprint density at radius 2 is 2.05 bits per heavy atom. The van der Waals surface area contributed by atoms with Crippen LogP contribution in [0.3, 0.4) is 0 Å². The van der Waals surface area contributed by atoms with E-state index in [1.165, 1.54) is 13.2 Å². The van der Waals surface area contributed by atoms with Gasteiger partial charge in [0.1, 0.15) is 0 Å². The summed E-state index contributed by atoms with van der Waals surface area (Å²) in [5.74, 6) is -0.141. The van der Waals surface area contributed by atoms with Gasteiger partial charge in [-0.05, 0) is 37.5 Å². The van der Waals surface area contributed by atoms with Crippen molar-refractivity contribution < 1.29 is 19.4 Å². The maximum atomic E-state index is 11.9. The first-order valence-corrected chi connectivity index (χ1v) is 6.55. The first-order chi connectivity index (χ1) is 9.95. The molecule has 7 heteroatoms. The average molecular weight is 295 g/mol. The second kappa shape index (κ2) is 7.98. The molecule has 5 N–H and O–H groups in total. The number of ether oxygens (including phenoxy) is 2. The molecule has 0 heterocycles. The standard InChI is InChI=1S/C14H21N3O4/c1-9-7-10(8-11(20-2)12(9)18)13(19)21-6-4-3-5-17-14(15)16/h7-8,18H,3-6H2,1-2H3,(H4,15,16,17). The van der Waals surface area contributed by atoms with Crippen molar-refractivity contribution >= 4 is 11.9 Å². The minimum absolute atomic E-state index is 0.0197. The molecule has 0 fully saturated rings. The van der Waals surface area contributed by atoms with Gasteiger partial charge in [0.15, 0.2) is 17.5 Å². The summed E-state index contributed by atoms with van der Waals surface area (Å²) in [7, 11) is 1.42. The van der Waals surface area contributed by atoms with Crippen molar-refractivity contribution in [2.24, 2.45) is 16.5 Å². The zero-order chi connectivity index (χ0) is 15.8. The molecular formula is C14H21N3O4. The van der Waals surface area contributed by atoms with Crippen LogP contribution in [0.5, 0.6) is 11.5 Å². The molecule has 116 valence electrons. The van der Waals surface area contributed by atoms with Gasteiger partial charge in [-0.1, -0.05) is 0 Å². The van der Waals surface area contributed by atoms with Crippen LogP contribution in [0.4, 0.5) is 0 Å². The minimum Gasteiger partial charge on any atom is -0.504 e. The van der Waals surface area contributed by atoms with Gasteiger partial charge in [0, 0.05) is 6.54 Å². The number of phenols is 1. The first-order valence-electron chi connectivity index (χ1n) is 6.55. The fourth-order valence-corrected chi connectivity index (χ4v) is 1.69. The van der Waals surface area contributed by atoms with Crippen LogP contribution in [-0.4, -0.2) is 37.3 Å². The molecule has 7 nitrogen and oxygen atoms in total. The highest BCUT2D eigenvalue weighted by molar-refractivity contribution is 5.90. The van der Waals surface area contributed by atoms with E-state index >= 15 is 0 Å². The number of nitrogens with zero attached hydrogens (tertiary/aromatic N) is 1. The van der Waals surface area contributed by atoms with Crippen molar-refractivity contribution in [2.45, 2.75) is 19.8 Å². The molecule has 21 heavy (non-hydrogen) atoms. The molecule has 0 amide bonds. The Kier molecular flexibility index (Phi) is 6.32. The summed E-state index contributed by atoms with van der Waals surface area (Å²) in [6.45, 7) is 2.47. The first kappa shape index (κ1) is 16.6. The largest absolute Gasteiger partial charge is 0.504 e. The third-order valence-corrected chi connectivity index (χ3v) is 2.80. The van der Waals surface area contributed by atoms with E-state index in [2.05, 4.69) is 4.99 Å². The molecule has 0 radical (unpaired) electrons. The second-order valence-electron chi connectivity index (χ2n) is 4.49. The molecule has 1 aromatic carbocycles. The summed E-state index contributed by atoms with van der Waals surface area (Å²) in [5, 5.41) is 9.71. The van der Waals surface area contributed by atoms with Crippen LogP contribution in [-0.2, 0) is 4.74 Å². The molecule has 0 aliphatic heterocycles. The number of guanidine groups is 1. The molecule has 0 saturated heterocycles. The topological polar surface area (TPSA) is 120 Å². The van der Waals surface area contributed by atoms with Gasteiger partial charge >= 0.3 is 5.97 Å². The van der Waals surface area contributed by atoms with Gasteiger partial charge in [-0.15, -0.1) is 0 Å². The number of hydrogen-bond donors (Lipinski definition) is 3. The van der Waals surface area contributed by atoms with Crippen LogP contribution in [0, 0.1) is 6.92 Å². The number of carbonyl (C=O) groups is 1. The number of hydrogen-bond acceptors (Lipinski definition) is 5. The molecular weight excluding hydrogens is 274 g/mol. The van der Waals surface area contributed by atoms with Crippen molar-refractivity contribution in [1.29, 1.82) is 0 Å². The predicted octanol–water partition coefficient (Wildman–Crippen LogP) is 0.920. The number of methoxy groups -OCH3 is 1. The Balaban J connectivity index is 2.49. The summed E-state index contributed by atoms with van der Waals surface area (Å²) in [6.07, 6.45) is 1.39. The van der Waals surface area contributed by atoms with Crippen LogP contribution in [0.2, 0.25) is 0 Å². The molecule has 0 aromatic heterocycles. The molecule has 0 aliphatic carbocycles. The predicted molar refractivity (Wildman–Crippen MR) is 79.6 cm³/mol. The smallest absolute Gasteiger partial charge is 0.338 e. The quantitative estimate of drug-likeness (QED) is 0.298. The summed E-state index contributed by atoms with van der Waals surface area (Å²) in [6, 6.07) is 3.00. The monoisotopic (exact) mass is 295 g/mol. The van der Waals surface area contributed by atoms with Gasteiger partial charge in [0.05, 0.1) is 19.3 Å². The molecule has 1 aromatic rings. The van der Waals surface area contributed by atoms with E-state index < -0.39 is 5.97 Å². The maximum Gasteiger partial charge on any atom is 0.338 e. The number of aryl methyl sites for hydroxylation is 1. The summed E-state index contributed by atoms with van der Waals surface area (Å²) in [5.41, 5.74) is 11.3. The van der Waals surface area contributed by atoms with Crippen molar-refractivity contribution in [1.82, 2.24) is 0 Å². The second-order valence-corrected chi connectivity index (χ2v) is 4.49. The highest BCUT2D eigenvalue weighted by Crippen LogP contribution is 2.30. The lowest BCUT2D eigenvalue weighted by atomic mass is 10.1. The Labute approximate surface area is 123 Å². The molecule has 0 atom stereocenters. The fourth-order valence-electron chi connectivity index (χ4n) is 1.69. The molecule has 0 saturated carbocycles. The number of esters is 1. The van der Waals surface area contributed by atoms with E-state index in [1.54, 1.807) is 13.0 Å². The van der Waals surface area contributed by atoms with Crippen LogP contribution >= 0.6 is 0 Å². The average Bonchev–Trinajstić information content (AvgIpc) is 2.44. The number of nitrogens with two attached hydrogens (primary N) is 2. The Morgan fingerprint density at radius 3 is 2.67 bits per heavy atom. The van der Waals surface area contributed by atoms with E-state index in [9.17, 15) is 9.90 Å². The van der Waals surface area contributed by atoms with E-state index in [4.69, 9.17) is 20.9 Å². The number of benzene rings is 1. The van der Waals surface area contributed by atoms with Crippen molar-refractivity contribution in [3.05, 3.63) is 23.3 Å². The van der Waals surface area contributed by atoms with Gasteiger partial charge in [-0.3, -0.25) is 4.99 Å². The van der Waals surface area contributed by atoms with Crippen LogP contribution in [0.15, 0.2) is 17.1 Å². The number of unbranched alkanes of at least 4 members (excludes halogenated alkanes) is 1. The number of aliphatic imine (C=N–C) groups is 1. The van der Waals surface area contributed by atoms with Crippen LogP contribution < -0.4 is 16.2 Å². The third kappa shape index (κ3) is 5.21. The summed E-state index contributed by atoms with van der Waals surface area (Å²) >= 11 is 0. The van der Waals surface area contributed by atoms with E-state index in [0.717, 1.165) is 6.42 Å². The number of phenolic OH excluding ortho intramolecular Hbond substituents is 1. The van der Waals surface area contributed by atoms with Crippen molar-refractivity contribution in [3.8, 4) is 11.5 Å². The van der Waals surface area contributed by atoms with Gasteiger partial charge in [-0.2, -0.15) is 0 Å². The van der Waals surface area contributed by atoms with Crippen LogP contribution in [0.25, 0.3) is 0 Å². The fraction of sp³-hybridized carbons (Fsp3) is 0.429. The molecule has 0 unspecified atom stereocenters. The van der Waals surface area contributed by atoms with Crippen molar-refractivity contribution in [2.75, 3.05) is 20.3 Å². The summed E-state index contributed by atoms with van der Waals surface area (Å²) in [4.78, 5) is 15.7. The minimum atomic E-state index is -0.460. The molecule has 0 bridgehead atoms. The lowest BCUT2D eigenvalue weighted by Gasteiger charge is -2.09. The summed E-state index contributed by atoms with van der Waals surface area (Å²) < 4.78 is 10.1. The van der Waals surface area contributed by atoms with E-state index in [-0.39, 0.29) is 24.1 Å². The zero-order valence-electron chi connectivity index (χ0n) is 12.3. The SMILES string of the molecule is COc1cc(C(=O)OCCCCN=C(N)N)cc(C)c1O. The van der Waals surface area contributed by atoms with Gasteiger partial charge < -0.3 is 26.0 Å². The molecule has 1 rings (SSSR count). The maximum absolute atomic E-state index is 11.9. The molecule has 0 spiro atoms. The zero-order valence-corrected chi connectivity index (χ0v) is 12.3. The van der Waals surface area contributed by atoms with E-state index in [0.29, 0.717) is 24.1 Å². The lowest BCUT2D eigenvalue weighted by molar-refractivity contribution is 0.0498. The van der Waals surface area contributed by atoms with Crippen molar-refractivity contribution in [3.63, 3.8) is 0 Å². The number of aromatic hydroxyl groups is 1. The molecule has 0 aliphatic rings. The third-order valence-electron chi connectivity index (χ3n) is 2.80. The lowest BCUT2D eigenvalue weighted by Crippen LogP contribution is -2.23. The highest BCUT2D eigenvalue weighted by Gasteiger charge is 2.13. The number of carbonyl (C=O) groups excluding carboxylic acids is 1.